The molecule has 5 heteroatoms. The van der Waals surface area contributed by atoms with E-state index in [2.05, 4.69) is 26.2 Å². The third-order valence-electron chi connectivity index (χ3n) is 2.70. The van der Waals surface area contributed by atoms with Crippen molar-refractivity contribution >= 4 is 32.7 Å². The maximum Gasteiger partial charge on any atom is 0.251 e. The van der Waals surface area contributed by atoms with Crippen LogP contribution >= 0.6 is 15.9 Å². The third kappa shape index (κ3) is 3.75. The molecule has 1 N–H and O–H groups in total. The molecule has 4 nitrogen and oxygen atoms in total. The highest BCUT2D eigenvalue weighted by molar-refractivity contribution is 9.09. The van der Waals surface area contributed by atoms with Crippen molar-refractivity contribution < 1.29 is 9.53 Å². The Morgan fingerprint density at radius 1 is 1.47 bits per heavy atom. The van der Waals surface area contributed by atoms with Gasteiger partial charge in [0.15, 0.2) is 0 Å². The fourth-order valence-corrected chi connectivity index (χ4v) is 2.19. The van der Waals surface area contributed by atoms with Crippen molar-refractivity contribution in [3.05, 3.63) is 42.1 Å². The minimum absolute atomic E-state index is 0.0914. The molecule has 2 aromatic rings. The second-order valence-corrected chi connectivity index (χ2v) is 5.47. The normalized spacial score (nSPS) is 12.3. The lowest BCUT2D eigenvalue weighted by Crippen LogP contribution is -2.31. The van der Waals surface area contributed by atoms with Crippen LogP contribution in [0.2, 0.25) is 0 Å². The Hall–Kier alpha value is -1.46. The van der Waals surface area contributed by atoms with Crippen molar-refractivity contribution in [1.29, 1.82) is 0 Å². The summed E-state index contributed by atoms with van der Waals surface area (Å²) in [6.07, 6.45) is 1.74. The monoisotopic (exact) mass is 322 g/mol. The summed E-state index contributed by atoms with van der Waals surface area (Å²) in [7, 11) is 1.63. The summed E-state index contributed by atoms with van der Waals surface area (Å²) in [5.41, 5.74) is 1.52. The van der Waals surface area contributed by atoms with E-state index in [4.69, 9.17) is 4.74 Å². The number of ether oxygens (including phenoxy) is 1. The zero-order chi connectivity index (χ0) is 13.7. The molecule has 0 aliphatic rings. The van der Waals surface area contributed by atoms with Gasteiger partial charge in [-0.3, -0.25) is 9.78 Å². The van der Waals surface area contributed by atoms with Gasteiger partial charge in [-0.2, -0.15) is 0 Å². The van der Waals surface area contributed by atoms with Gasteiger partial charge < -0.3 is 10.1 Å². The zero-order valence-corrected chi connectivity index (χ0v) is 12.2. The molecule has 0 spiro atoms. The van der Waals surface area contributed by atoms with Crippen LogP contribution in [0.25, 0.3) is 10.9 Å². The number of nitrogens with one attached hydrogen (secondary N) is 1. The molecule has 1 aromatic carbocycles. The minimum Gasteiger partial charge on any atom is -0.383 e. The van der Waals surface area contributed by atoms with Crippen molar-refractivity contribution in [2.75, 3.05) is 20.3 Å². The zero-order valence-electron chi connectivity index (χ0n) is 10.6. The van der Waals surface area contributed by atoms with Crippen molar-refractivity contribution in [1.82, 2.24) is 10.3 Å². The number of halogens is 1. The maximum absolute atomic E-state index is 12.0. The average molecular weight is 323 g/mol. The molecule has 1 amide bonds. The lowest BCUT2D eigenvalue weighted by molar-refractivity contribution is 0.0950. The first-order valence-corrected chi connectivity index (χ1v) is 6.88. The Bertz CT molecular complexity index is 574. The highest BCUT2D eigenvalue weighted by Crippen LogP contribution is 2.13. The highest BCUT2D eigenvalue weighted by atomic mass is 79.9. The summed E-state index contributed by atoms with van der Waals surface area (Å²) in [4.78, 5) is 16.3. The van der Waals surface area contributed by atoms with Gasteiger partial charge in [0.05, 0.1) is 17.0 Å². The van der Waals surface area contributed by atoms with E-state index >= 15 is 0 Å². The number of amides is 1. The van der Waals surface area contributed by atoms with Crippen molar-refractivity contribution in [2.45, 2.75) is 4.83 Å². The number of fused-ring (bicyclic) bond motifs is 1. The molecule has 0 saturated carbocycles. The van der Waals surface area contributed by atoms with Crippen LogP contribution in [0.15, 0.2) is 36.5 Å². The first kappa shape index (κ1) is 14.0. The molecule has 0 fully saturated rings. The van der Waals surface area contributed by atoms with Gasteiger partial charge in [0.25, 0.3) is 5.91 Å². The number of rotatable bonds is 5. The van der Waals surface area contributed by atoms with E-state index in [0.29, 0.717) is 18.7 Å². The van der Waals surface area contributed by atoms with Crippen LogP contribution in [0.3, 0.4) is 0 Å². The average Bonchev–Trinajstić information content (AvgIpc) is 2.44. The van der Waals surface area contributed by atoms with Crippen LogP contribution in [0.5, 0.6) is 0 Å². The van der Waals surface area contributed by atoms with E-state index in [-0.39, 0.29) is 10.7 Å². The molecule has 2 rings (SSSR count). The van der Waals surface area contributed by atoms with E-state index in [0.717, 1.165) is 10.9 Å². The number of alkyl halides is 1. The molecule has 0 aliphatic carbocycles. The van der Waals surface area contributed by atoms with Gasteiger partial charge in [0, 0.05) is 30.8 Å². The Balaban J connectivity index is 2.05. The molecule has 1 heterocycles. The molecule has 0 radical (unpaired) electrons. The SMILES string of the molecule is COCC(Br)CNC(=O)c1ccc2ncccc2c1. The second-order valence-electron chi connectivity index (χ2n) is 4.17. The third-order valence-corrected chi connectivity index (χ3v) is 3.28. The Morgan fingerprint density at radius 3 is 3.11 bits per heavy atom. The molecule has 0 aliphatic heterocycles. The van der Waals surface area contributed by atoms with Gasteiger partial charge in [-0.1, -0.05) is 22.0 Å². The molecule has 1 atom stereocenters. The van der Waals surface area contributed by atoms with Crippen molar-refractivity contribution in [3.8, 4) is 0 Å². The van der Waals surface area contributed by atoms with Gasteiger partial charge in [-0.15, -0.1) is 0 Å². The number of benzene rings is 1. The number of aromatic nitrogens is 1. The van der Waals surface area contributed by atoms with E-state index in [1.807, 2.05) is 24.3 Å². The van der Waals surface area contributed by atoms with Crippen LogP contribution < -0.4 is 5.32 Å². The van der Waals surface area contributed by atoms with Crippen LogP contribution in [-0.2, 0) is 4.74 Å². The predicted octanol–water partition coefficient (Wildman–Crippen LogP) is 2.37. The summed E-state index contributed by atoms with van der Waals surface area (Å²) >= 11 is 3.43. The predicted molar refractivity (Wildman–Crippen MR) is 78.7 cm³/mol. The van der Waals surface area contributed by atoms with Crippen LogP contribution in [0.1, 0.15) is 10.4 Å². The fourth-order valence-electron chi connectivity index (χ4n) is 1.76. The maximum atomic E-state index is 12.0. The summed E-state index contributed by atoms with van der Waals surface area (Å²) in [5, 5.41) is 3.82. The first-order valence-electron chi connectivity index (χ1n) is 5.96. The number of pyridine rings is 1. The quantitative estimate of drug-likeness (QED) is 0.860. The van der Waals surface area contributed by atoms with Crippen LogP contribution in [0, 0.1) is 0 Å². The summed E-state index contributed by atoms with van der Waals surface area (Å²) in [6, 6.07) is 9.28. The second kappa shape index (κ2) is 6.63. The van der Waals surface area contributed by atoms with Gasteiger partial charge in [0.2, 0.25) is 0 Å². The van der Waals surface area contributed by atoms with Gasteiger partial charge in [0.1, 0.15) is 0 Å². The largest absolute Gasteiger partial charge is 0.383 e. The summed E-state index contributed by atoms with van der Waals surface area (Å²) in [6.45, 7) is 1.08. The number of nitrogens with zero attached hydrogens (tertiary/aromatic N) is 1. The molecule has 1 aromatic heterocycles. The topological polar surface area (TPSA) is 51.2 Å². The van der Waals surface area contributed by atoms with Gasteiger partial charge in [-0.25, -0.2) is 0 Å². The van der Waals surface area contributed by atoms with E-state index in [1.54, 1.807) is 19.4 Å². The summed E-state index contributed by atoms with van der Waals surface area (Å²) in [5.74, 6) is -0.0914. The molecular formula is C14H15BrN2O2. The lowest BCUT2D eigenvalue weighted by Gasteiger charge is -2.10. The lowest BCUT2D eigenvalue weighted by atomic mass is 10.1. The first-order chi connectivity index (χ1) is 9.20. The number of carbonyl (C=O) groups excluding carboxylic acids is 1. The van der Waals surface area contributed by atoms with Crippen molar-refractivity contribution in [2.24, 2.45) is 0 Å². The van der Waals surface area contributed by atoms with Crippen molar-refractivity contribution in [3.63, 3.8) is 0 Å². The molecule has 100 valence electrons. The minimum atomic E-state index is -0.0914. The number of methoxy groups -OCH3 is 1. The molecule has 19 heavy (non-hydrogen) atoms. The Labute approximate surface area is 120 Å². The number of hydrogen-bond acceptors (Lipinski definition) is 3. The molecule has 1 unspecified atom stereocenters. The summed E-state index contributed by atoms with van der Waals surface area (Å²) < 4.78 is 4.99. The van der Waals surface area contributed by atoms with Crippen LogP contribution in [-0.4, -0.2) is 36.0 Å². The van der Waals surface area contributed by atoms with Gasteiger partial charge in [-0.05, 0) is 24.3 Å². The molecular weight excluding hydrogens is 308 g/mol. The smallest absolute Gasteiger partial charge is 0.251 e. The van der Waals surface area contributed by atoms with E-state index in [1.165, 1.54) is 0 Å². The van der Waals surface area contributed by atoms with E-state index in [9.17, 15) is 4.79 Å². The highest BCUT2D eigenvalue weighted by Gasteiger charge is 2.09. The van der Waals surface area contributed by atoms with Gasteiger partial charge >= 0.3 is 0 Å². The molecule has 0 bridgehead atoms. The Kier molecular flexibility index (Phi) is 4.87. The number of carbonyl (C=O) groups is 1. The standard InChI is InChI=1S/C14H15BrN2O2/c1-19-9-12(15)8-17-14(18)11-4-5-13-10(7-11)3-2-6-16-13/h2-7,12H,8-9H2,1H3,(H,17,18). The van der Waals surface area contributed by atoms with Crippen LogP contribution in [0.4, 0.5) is 0 Å². The number of hydrogen-bond donors (Lipinski definition) is 1. The fraction of sp³-hybridized carbons (Fsp3) is 0.286. The molecule has 0 saturated heterocycles. The van der Waals surface area contributed by atoms with E-state index < -0.39 is 0 Å². The Morgan fingerprint density at radius 2 is 2.32 bits per heavy atom.